The summed E-state index contributed by atoms with van der Waals surface area (Å²) in [4.78, 5) is 4.13. The van der Waals surface area contributed by atoms with Gasteiger partial charge in [-0.15, -0.1) is 11.6 Å². The molecule has 1 aromatic heterocycles. The molecule has 2 aromatic rings. The van der Waals surface area contributed by atoms with E-state index in [1.54, 1.807) is 12.3 Å². The van der Waals surface area contributed by atoms with Crippen LogP contribution < -0.4 is 4.74 Å². The fourth-order valence-electron chi connectivity index (χ4n) is 1.24. The summed E-state index contributed by atoms with van der Waals surface area (Å²) in [5.74, 6) is 1.41. The Kier molecular flexibility index (Phi) is 4.26. The normalized spacial score (nSPS) is 10.3. The van der Waals surface area contributed by atoms with Crippen molar-refractivity contribution in [2.24, 2.45) is 0 Å². The molecule has 0 amide bonds. The fraction of sp³-hybridized carbons (Fsp3) is 0.0833. The molecule has 0 bridgehead atoms. The van der Waals surface area contributed by atoms with Gasteiger partial charge in [-0.05, 0) is 39.7 Å². The van der Waals surface area contributed by atoms with Gasteiger partial charge in [-0.2, -0.15) is 0 Å². The molecule has 0 spiro atoms. The topological polar surface area (TPSA) is 22.1 Å². The minimum atomic E-state index is 0.368. The van der Waals surface area contributed by atoms with Gasteiger partial charge in [-0.1, -0.05) is 23.7 Å². The predicted molar refractivity (Wildman–Crippen MR) is 73.0 cm³/mol. The fourth-order valence-corrected chi connectivity index (χ4v) is 1.98. The third-order valence-electron chi connectivity index (χ3n) is 2.06. The molecule has 0 aliphatic heterocycles. The first-order chi connectivity index (χ1) is 8.20. The minimum Gasteiger partial charge on any atom is -0.436 e. The summed E-state index contributed by atoms with van der Waals surface area (Å²) in [6.45, 7) is 0. The number of hydrogen-bond donors (Lipinski definition) is 0. The Labute approximate surface area is 118 Å². The lowest BCUT2D eigenvalue weighted by molar-refractivity contribution is 0.460. The number of hydrogen-bond acceptors (Lipinski definition) is 2. The number of nitrogens with zero attached hydrogens (tertiary/aromatic N) is 1. The SMILES string of the molecule is ClCc1cnc(Oc2ccccc2Br)c(Cl)c1. The molecule has 2 nitrogen and oxygen atoms in total. The number of halogens is 3. The lowest BCUT2D eigenvalue weighted by Gasteiger charge is -2.08. The van der Waals surface area contributed by atoms with Crippen LogP contribution in [0.3, 0.4) is 0 Å². The van der Waals surface area contributed by atoms with E-state index in [0.29, 0.717) is 22.5 Å². The maximum Gasteiger partial charge on any atom is 0.238 e. The second-order valence-corrected chi connectivity index (χ2v) is 4.83. The van der Waals surface area contributed by atoms with E-state index in [4.69, 9.17) is 27.9 Å². The molecule has 88 valence electrons. The predicted octanol–water partition coefficient (Wildman–Crippen LogP) is 5.03. The lowest BCUT2D eigenvalue weighted by Crippen LogP contribution is -1.91. The van der Waals surface area contributed by atoms with Gasteiger partial charge in [0.1, 0.15) is 10.8 Å². The molecular formula is C12H8BrCl2NO. The van der Waals surface area contributed by atoms with Crippen LogP contribution in [0, 0.1) is 0 Å². The molecule has 0 N–H and O–H groups in total. The van der Waals surface area contributed by atoms with Crippen LogP contribution in [0.2, 0.25) is 5.02 Å². The van der Waals surface area contributed by atoms with Crippen molar-refractivity contribution in [1.82, 2.24) is 4.98 Å². The summed E-state index contributed by atoms with van der Waals surface area (Å²) in [7, 11) is 0. The van der Waals surface area contributed by atoms with Crippen LogP contribution in [0.4, 0.5) is 0 Å². The van der Waals surface area contributed by atoms with Gasteiger partial charge >= 0.3 is 0 Å². The van der Waals surface area contributed by atoms with Gasteiger partial charge in [0.25, 0.3) is 0 Å². The molecule has 0 radical (unpaired) electrons. The molecule has 0 aliphatic rings. The summed E-state index contributed by atoms with van der Waals surface area (Å²) in [6.07, 6.45) is 1.64. The van der Waals surface area contributed by atoms with Crippen molar-refractivity contribution in [3.8, 4) is 11.6 Å². The van der Waals surface area contributed by atoms with Crippen LogP contribution in [-0.2, 0) is 5.88 Å². The molecule has 0 aliphatic carbocycles. The number of para-hydroxylation sites is 1. The zero-order valence-corrected chi connectivity index (χ0v) is 11.8. The summed E-state index contributed by atoms with van der Waals surface area (Å²) in [5.41, 5.74) is 0.858. The van der Waals surface area contributed by atoms with E-state index >= 15 is 0 Å². The van der Waals surface area contributed by atoms with Gasteiger partial charge in [0, 0.05) is 12.1 Å². The molecule has 17 heavy (non-hydrogen) atoms. The van der Waals surface area contributed by atoms with Gasteiger partial charge in [-0.3, -0.25) is 0 Å². The zero-order valence-electron chi connectivity index (χ0n) is 8.66. The second-order valence-electron chi connectivity index (χ2n) is 3.30. The molecule has 0 atom stereocenters. The number of pyridine rings is 1. The number of aromatic nitrogens is 1. The largest absolute Gasteiger partial charge is 0.436 e. The van der Waals surface area contributed by atoms with E-state index in [2.05, 4.69) is 20.9 Å². The van der Waals surface area contributed by atoms with Gasteiger partial charge < -0.3 is 4.74 Å². The molecule has 0 fully saturated rings. The number of benzene rings is 1. The molecule has 5 heteroatoms. The van der Waals surface area contributed by atoms with Gasteiger partial charge in [0.15, 0.2) is 0 Å². The highest BCUT2D eigenvalue weighted by molar-refractivity contribution is 9.10. The highest BCUT2D eigenvalue weighted by Crippen LogP contribution is 2.32. The minimum absolute atomic E-state index is 0.368. The quantitative estimate of drug-likeness (QED) is 0.735. The van der Waals surface area contributed by atoms with E-state index in [1.807, 2.05) is 24.3 Å². The number of ether oxygens (including phenoxy) is 1. The van der Waals surface area contributed by atoms with Gasteiger partial charge in [0.2, 0.25) is 5.88 Å². The highest BCUT2D eigenvalue weighted by atomic mass is 79.9. The van der Waals surface area contributed by atoms with Gasteiger partial charge in [-0.25, -0.2) is 4.98 Å². The van der Waals surface area contributed by atoms with Crippen LogP contribution in [-0.4, -0.2) is 4.98 Å². The Morgan fingerprint density at radius 3 is 2.71 bits per heavy atom. The first kappa shape index (κ1) is 12.7. The van der Waals surface area contributed by atoms with E-state index in [-0.39, 0.29) is 0 Å². The van der Waals surface area contributed by atoms with E-state index in [1.165, 1.54) is 0 Å². The third-order valence-corrected chi connectivity index (χ3v) is 3.30. The molecule has 1 aromatic carbocycles. The van der Waals surface area contributed by atoms with Crippen LogP contribution in [0.15, 0.2) is 41.0 Å². The highest BCUT2D eigenvalue weighted by Gasteiger charge is 2.07. The smallest absolute Gasteiger partial charge is 0.238 e. The first-order valence-corrected chi connectivity index (χ1v) is 6.54. The van der Waals surface area contributed by atoms with Gasteiger partial charge in [0.05, 0.1) is 4.47 Å². The second kappa shape index (κ2) is 5.71. The van der Waals surface area contributed by atoms with Crippen LogP contribution in [0.25, 0.3) is 0 Å². The maximum absolute atomic E-state index is 6.05. The summed E-state index contributed by atoms with van der Waals surface area (Å²) in [5, 5.41) is 0.443. The van der Waals surface area contributed by atoms with Crippen LogP contribution in [0.1, 0.15) is 5.56 Å². The number of alkyl halides is 1. The average Bonchev–Trinajstić information content (AvgIpc) is 2.34. The standard InChI is InChI=1S/C12H8BrCl2NO/c13-9-3-1-2-4-11(9)17-12-10(15)5-8(6-14)7-16-12/h1-5,7H,6H2. The lowest BCUT2D eigenvalue weighted by atomic mass is 10.3. The average molecular weight is 333 g/mol. The molecular weight excluding hydrogens is 325 g/mol. The Hall–Kier alpha value is -0.770. The third kappa shape index (κ3) is 3.12. The van der Waals surface area contributed by atoms with Crippen molar-refractivity contribution in [2.45, 2.75) is 5.88 Å². The summed E-state index contributed by atoms with van der Waals surface area (Å²) >= 11 is 15.1. The Morgan fingerprint density at radius 1 is 1.29 bits per heavy atom. The Morgan fingerprint density at radius 2 is 2.06 bits per heavy atom. The Bertz CT molecular complexity index is 534. The summed E-state index contributed by atoms with van der Waals surface area (Å²) < 4.78 is 6.45. The van der Waals surface area contributed by atoms with Crippen molar-refractivity contribution in [2.75, 3.05) is 0 Å². The molecule has 0 unspecified atom stereocenters. The Balaban J connectivity index is 2.28. The van der Waals surface area contributed by atoms with Crippen LogP contribution in [0.5, 0.6) is 11.6 Å². The first-order valence-electron chi connectivity index (χ1n) is 4.83. The van der Waals surface area contributed by atoms with E-state index < -0.39 is 0 Å². The number of rotatable bonds is 3. The van der Waals surface area contributed by atoms with E-state index in [9.17, 15) is 0 Å². The van der Waals surface area contributed by atoms with E-state index in [0.717, 1.165) is 10.0 Å². The van der Waals surface area contributed by atoms with Crippen molar-refractivity contribution in [3.63, 3.8) is 0 Å². The summed E-state index contributed by atoms with van der Waals surface area (Å²) in [6, 6.07) is 9.24. The van der Waals surface area contributed by atoms with Crippen molar-refractivity contribution in [1.29, 1.82) is 0 Å². The zero-order chi connectivity index (χ0) is 12.3. The molecule has 2 rings (SSSR count). The van der Waals surface area contributed by atoms with Crippen molar-refractivity contribution >= 4 is 39.1 Å². The van der Waals surface area contributed by atoms with Crippen LogP contribution >= 0.6 is 39.1 Å². The maximum atomic E-state index is 6.05. The van der Waals surface area contributed by atoms with Crippen molar-refractivity contribution < 1.29 is 4.74 Å². The van der Waals surface area contributed by atoms with Crippen molar-refractivity contribution in [3.05, 3.63) is 51.6 Å². The monoisotopic (exact) mass is 331 g/mol. The molecule has 0 saturated heterocycles. The molecule has 1 heterocycles. The molecule has 0 saturated carbocycles.